The summed E-state index contributed by atoms with van der Waals surface area (Å²) in [5, 5.41) is 4.83. The second kappa shape index (κ2) is 7.21. The van der Waals surface area contributed by atoms with E-state index in [2.05, 4.69) is 79.4 Å². The minimum atomic E-state index is 0.862. The van der Waals surface area contributed by atoms with Crippen molar-refractivity contribution in [1.82, 2.24) is 14.6 Å². The van der Waals surface area contributed by atoms with Gasteiger partial charge in [-0.2, -0.15) is 5.10 Å². The van der Waals surface area contributed by atoms with Crippen molar-refractivity contribution in [3.8, 4) is 11.3 Å². The summed E-state index contributed by atoms with van der Waals surface area (Å²) >= 11 is 0. The number of aromatic nitrogens is 3. The number of fused-ring (bicyclic) bond motifs is 1. The Labute approximate surface area is 171 Å². The van der Waals surface area contributed by atoms with Gasteiger partial charge in [0.2, 0.25) is 0 Å². The molecule has 0 spiro atoms. The molecule has 0 saturated carbocycles. The second-order valence-corrected chi connectivity index (χ2v) is 7.72. The summed E-state index contributed by atoms with van der Waals surface area (Å²) in [5.41, 5.74) is 8.48. The van der Waals surface area contributed by atoms with E-state index >= 15 is 0 Å². The molecule has 0 fully saturated rings. The largest absolute Gasteiger partial charge is 0.351 e. The normalized spacial score (nSPS) is 14.3. The first-order valence-corrected chi connectivity index (χ1v) is 10.1. The molecule has 3 heterocycles. The molecule has 1 aliphatic rings. The molecule has 0 N–H and O–H groups in total. The Morgan fingerprint density at radius 2 is 1.83 bits per heavy atom. The number of hydrogen-bond acceptors (Lipinski definition) is 3. The Morgan fingerprint density at radius 3 is 2.59 bits per heavy atom. The van der Waals surface area contributed by atoms with Crippen molar-refractivity contribution in [2.24, 2.45) is 0 Å². The van der Waals surface area contributed by atoms with Gasteiger partial charge >= 0.3 is 0 Å². The van der Waals surface area contributed by atoms with Gasteiger partial charge in [-0.3, -0.25) is 0 Å². The third-order valence-corrected chi connectivity index (χ3v) is 5.68. The van der Waals surface area contributed by atoms with Crippen LogP contribution in [0.2, 0.25) is 0 Å². The van der Waals surface area contributed by atoms with Crippen molar-refractivity contribution >= 4 is 16.9 Å². The lowest BCUT2D eigenvalue weighted by Gasteiger charge is -2.28. The fourth-order valence-electron chi connectivity index (χ4n) is 4.16. The van der Waals surface area contributed by atoms with Gasteiger partial charge in [0.15, 0.2) is 5.82 Å². The predicted molar refractivity (Wildman–Crippen MR) is 119 cm³/mol. The first kappa shape index (κ1) is 17.7. The standard InChI is InChI=1S/C25H24N4/c1-18-8-9-22(19(2)16-18)23-17-24-25(26-12-15-29(24)27-23)28-13-10-21(11-14-28)20-6-4-3-5-7-20/h3-10,12,15-17H,11,13-14H2,1-2H3. The van der Waals surface area contributed by atoms with Gasteiger partial charge in [0, 0.05) is 31.0 Å². The van der Waals surface area contributed by atoms with Crippen LogP contribution >= 0.6 is 0 Å². The van der Waals surface area contributed by atoms with E-state index in [1.54, 1.807) is 0 Å². The zero-order valence-corrected chi connectivity index (χ0v) is 16.8. The maximum Gasteiger partial charge on any atom is 0.154 e. The molecule has 2 aromatic heterocycles. The highest BCUT2D eigenvalue weighted by Gasteiger charge is 2.18. The quantitative estimate of drug-likeness (QED) is 0.483. The third kappa shape index (κ3) is 3.31. The summed E-state index contributed by atoms with van der Waals surface area (Å²) < 4.78 is 1.95. The van der Waals surface area contributed by atoms with Crippen LogP contribution in [0.5, 0.6) is 0 Å². The molecule has 4 nitrogen and oxygen atoms in total. The van der Waals surface area contributed by atoms with Crippen LogP contribution in [0.3, 0.4) is 0 Å². The third-order valence-electron chi connectivity index (χ3n) is 5.68. The van der Waals surface area contributed by atoms with E-state index in [4.69, 9.17) is 10.1 Å². The molecule has 29 heavy (non-hydrogen) atoms. The lowest BCUT2D eigenvalue weighted by Crippen LogP contribution is -2.29. The van der Waals surface area contributed by atoms with Crippen molar-refractivity contribution in [1.29, 1.82) is 0 Å². The summed E-state index contributed by atoms with van der Waals surface area (Å²) in [4.78, 5) is 7.05. The number of rotatable bonds is 3. The van der Waals surface area contributed by atoms with Crippen molar-refractivity contribution in [2.45, 2.75) is 20.3 Å². The van der Waals surface area contributed by atoms with Crippen molar-refractivity contribution < 1.29 is 0 Å². The van der Waals surface area contributed by atoms with Crippen LogP contribution in [0, 0.1) is 13.8 Å². The first-order chi connectivity index (χ1) is 14.2. The molecule has 4 aromatic rings. The molecule has 4 heteroatoms. The summed E-state index contributed by atoms with van der Waals surface area (Å²) in [6, 6.07) is 19.3. The molecular weight excluding hydrogens is 356 g/mol. The molecule has 0 atom stereocenters. The van der Waals surface area contributed by atoms with E-state index < -0.39 is 0 Å². The number of anilines is 1. The average Bonchev–Trinajstić information content (AvgIpc) is 3.18. The van der Waals surface area contributed by atoms with E-state index in [0.29, 0.717) is 0 Å². The van der Waals surface area contributed by atoms with Crippen LogP contribution in [0.4, 0.5) is 5.82 Å². The predicted octanol–water partition coefficient (Wildman–Crippen LogP) is 5.31. The smallest absolute Gasteiger partial charge is 0.154 e. The average molecular weight is 380 g/mol. The summed E-state index contributed by atoms with van der Waals surface area (Å²) in [6.07, 6.45) is 7.12. The second-order valence-electron chi connectivity index (χ2n) is 7.72. The lowest BCUT2D eigenvalue weighted by molar-refractivity contribution is 0.811. The van der Waals surface area contributed by atoms with E-state index in [-0.39, 0.29) is 0 Å². The first-order valence-electron chi connectivity index (χ1n) is 10.1. The van der Waals surface area contributed by atoms with Crippen LogP contribution in [0.1, 0.15) is 23.1 Å². The molecule has 0 amide bonds. The maximum absolute atomic E-state index is 4.83. The molecule has 0 saturated heterocycles. The number of benzene rings is 2. The van der Waals surface area contributed by atoms with Crippen molar-refractivity contribution in [3.05, 3.63) is 89.8 Å². The minimum Gasteiger partial charge on any atom is -0.351 e. The van der Waals surface area contributed by atoms with Gasteiger partial charge in [0.1, 0.15) is 5.52 Å². The van der Waals surface area contributed by atoms with Crippen LogP contribution in [-0.4, -0.2) is 27.7 Å². The van der Waals surface area contributed by atoms with Gasteiger partial charge in [-0.05, 0) is 43.0 Å². The van der Waals surface area contributed by atoms with Gasteiger partial charge in [0.25, 0.3) is 0 Å². The molecule has 0 aliphatic carbocycles. The highest BCUT2D eigenvalue weighted by Crippen LogP contribution is 2.30. The maximum atomic E-state index is 4.83. The Balaban J connectivity index is 1.48. The van der Waals surface area contributed by atoms with Crippen LogP contribution in [-0.2, 0) is 0 Å². The topological polar surface area (TPSA) is 33.4 Å². The van der Waals surface area contributed by atoms with E-state index in [1.807, 2.05) is 16.9 Å². The summed E-state index contributed by atoms with van der Waals surface area (Å²) in [5.74, 6) is 0.999. The van der Waals surface area contributed by atoms with Crippen LogP contribution < -0.4 is 4.90 Å². The zero-order valence-electron chi connectivity index (χ0n) is 16.8. The molecule has 0 bridgehead atoms. The summed E-state index contributed by atoms with van der Waals surface area (Å²) in [6.45, 7) is 6.08. The van der Waals surface area contributed by atoms with E-state index in [9.17, 15) is 0 Å². The molecule has 0 unspecified atom stereocenters. The number of aryl methyl sites for hydroxylation is 2. The molecular formula is C25H24N4. The summed E-state index contributed by atoms with van der Waals surface area (Å²) in [7, 11) is 0. The lowest BCUT2D eigenvalue weighted by atomic mass is 9.99. The SMILES string of the molecule is Cc1ccc(-c2cc3c(N4CC=C(c5ccccc5)CC4)nccn3n2)c(C)c1. The molecule has 2 aromatic carbocycles. The van der Waals surface area contributed by atoms with Gasteiger partial charge in [-0.15, -0.1) is 0 Å². The van der Waals surface area contributed by atoms with Gasteiger partial charge in [-0.1, -0.05) is 60.2 Å². The zero-order chi connectivity index (χ0) is 19.8. The fourth-order valence-corrected chi connectivity index (χ4v) is 4.16. The highest BCUT2D eigenvalue weighted by atomic mass is 15.3. The van der Waals surface area contributed by atoms with Gasteiger partial charge in [0.05, 0.1) is 5.69 Å². The Morgan fingerprint density at radius 1 is 0.966 bits per heavy atom. The van der Waals surface area contributed by atoms with Gasteiger partial charge < -0.3 is 4.90 Å². The molecule has 5 rings (SSSR count). The van der Waals surface area contributed by atoms with Crippen molar-refractivity contribution in [2.75, 3.05) is 18.0 Å². The van der Waals surface area contributed by atoms with Crippen molar-refractivity contribution in [3.63, 3.8) is 0 Å². The Hall–Kier alpha value is -3.40. The molecule has 144 valence electrons. The Kier molecular flexibility index (Phi) is 4.39. The highest BCUT2D eigenvalue weighted by molar-refractivity contribution is 5.78. The molecule has 0 radical (unpaired) electrons. The van der Waals surface area contributed by atoms with Crippen LogP contribution in [0.15, 0.2) is 73.1 Å². The monoisotopic (exact) mass is 380 g/mol. The minimum absolute atomic E-state index is 0.862. The van der Waals surface area contributed by atoms with Crippen LogP contribution in [0.25, 0.3) is 22.3 Å². The van der Waals surface area contributed by atoms with Gasteiger partial charge in [-0.25, -0.2) is 9.50 Å². The number of nitrogens with zero attached hydrogens (tertiary/aromatic N) is 4. The van der Waals surface area contributed by atoms with E-state index in [0.717, 1.165) is 36.5 Å². The molecule has 1 aliphatic heterocycles. The number of hydrogen-bond donors (Lipinski definition) is 0. The van der Waals surface area contributed by atoms with E-state index in [1.165, 1.54) is 27.8 Å². The fraction of sp³-hybridized carbons (Fsp3) is 0.200. The Bertz CT molecular complexity index is 1200.